The Kier molecular flexibility index (Phi) is 6.21. The fourth-order valence-corrected chi connectivity index (χ4v) is 2.78. The lowest BCUT2D eigenvalue weighted by Gasteiger charge is -2.11. The zero-order valence-electron chi connectivity index (χ0n) is 12.1. The number of anilines is 1. The van der Waals surface area contributed by atoms with E-state index in [0.29, 0.717) is 29.7 Å². The van der Waals surface area contributed by atoms with Crippen LogP contribution < -0.4 is 10.1 Å². The van der Waals surface area contributed by atoms with Gasteiger partial charge in [0, 0.05) is 35.4 Å². The maximum atomic E-state index is 13.0. The summed E-state index contributed by atoms with van der Waals surface area (Å²) < 4.78 is 29.7. The molecule has 0 aliphatic rings. The van der Waals surface area contributed by atoms with Crippen LogP contribution in [0.15, 0.2) is 42.5 Å². The highest BCUT2D eigenvalue weighted by molar-refractivity contribution is 7.83. The molecule has 0 amide bonds. The van der Waals surface area contributed by atoms with E-state index in [2.05, 4.69) is 5.32 Å². The first kappa shape index (κ1) is 16.8. The van der Waals surface area contributed by atoms with E-state index < -0.39 is 10.8 Å². The first-order chi connectivity index (χ1) is 10.5. The standard InChI is InChI=1S/C16H17ClFNO2S/c1-22(20)11-12-5-6-15(17)16(9-12)19-7-8-21-14-4-2-3-13(18)10-14/h2-6,9-10,19H,7-8,11H2,1H3/t22-/m0/s1. The Morgan fingerprint density at radius 3 is 2.82 bits per heavy atom. The van der Waals surface area contributed by atoms with Crippen LogP contribution in [0.1, 0.15) is 5.56 Å². The van der Waals surface area contributed by atoms with Crippen LogP contribution in [-0.2, 0) is 16.6 Å². The molecule has 0 spiro atoms. The van der Waals surface area contributed by atoms with Crippen LogP contribution in [0, 0.1) is 5.82 Å². The van der Waals surface area contributed by atoms with Crippen LogP contribution in [0.4, 0.5) is 10.1 Å². The average molecular weight is 342 g/mol. The number of ether oxygens (including phenoxy) is 1. The van der Waals surface area contributed by atoms with Crippen LogP contribution in [0.5, 0.6) is 5.75 Å². The molecule has 118 valence electrons. The summed E-state index contributed by atoms with van der Waals surface area (Å²) in [6.07, 6.45) is 1.66. The number of rotatable bonds is 7. The van der Waals surface area contributed by atoms with Gasteiger partial charge in [0.1, 0.15) is 18.2 Å². The van der Waals surface area contributed by atoms with Crippen molar-refractivity contribution in [2.45, 2.75) is 5.75 Å². The van der Waals surface area contributed by atoms with Crippen molar-refractivity contribution in [1.82, 2.24) is 0 Å². The summed E-state index contributed by atoms with van der Waals surface area (Å²) in [5.41, 5.74) is 1.73. The Balaban J connectivity index is 1.87. The number of hydrogen-bond donors (Lipinski definition) is 1. The Hall–Kier alpha value is -1.59. The van der Waals surface area contributed by atoms with Gasteiger partial charge in [-0.3, -0.25) is 4.21 Å². The summed E-state index contributed by atoms with van der Waals surface area (Å²) in [4.78, 5) is 0. The summed E-state index contributed by atoms with van der Waals surface area (Å²) in [6, 6.07) is 11.5. The SMILES string of the molecule is C[S@](=O)Cc1ccc(Cl)c(NCCOc2cccc(F)c2)c1. The van der Waals surface area contributed by atoms with E-state index in [1.165, 1.54) is 12.1 Å². The first-order valence-corrected chi connectivity index (χ1v) is 8.86. The van der Waals surface area contributed by atoms with Gasteiger partial charge < -0.3 is 10.1 Å². The van der Waals surface area contributed by atoms with E-state index in [9.17, 15) is 8.60 Å². The maximum absolute atomic E-state index is 13.0. The Labute approximate surface area is 136 Å². The smallest absolute Gasteiger partial charge is 0.126 e. The van der Waals surface area contributed by atoms with Crippen LogP contribution in [-0.4, -0.2) is 23.6 Å². The highest BCUT2D eigenvalue weighted by atomic mass is 35.5. The number of nitrogens with one attached hydrogen (secondary N) is 1. The second-order valence-corrected chi connectivity index (χ2v) is 6.61. The van der Waals surface area contributed by atoms with Gasteiger partial charge in [-0.2, -0.15) is 0 Å². The molecule has 0 aromatic heterocycles. The van der Waals surface area contributed by atoms with E-state index in [-0.39, 0.29) is 5.82 Å². The van der Waals surface area contributed by atoms with Crippen molar-refractivity contribution >= 4 is 28.1 Å². The van der Waals surface area contributed by atoms with Crippen LogP contribution >= 0.6 is 11.6 Å². The first-order valence-electron chi connectivity index (χ1n) is 6.75. The van der Waals surface area contributed by atoms with Crippen LogP contribution in [0.2, 0.25) is 5.02 Å². The van der Waals surface area contributed by atoms with Gasteiger partial charge in [0.25, 0.3) is 0 Å². The molecule has 3 nitrogen and oxygen atoms in total. The minimum atomic E-state index is -0.897. The summed E-state index contributed by atoms with van der Waals surface area (Å²) in [5, 5.41) is 3.76. The van der Waals surface area contributed by atoms with Gasteiger partial charge in [0.2, 0.25) is 0 Å². The van der Waals surface area contributed by atoms with Crippen molar-refractivity contribution in [1.29, 1.82) is 0 Å². The molecule has 0 radical (unpaired) electrons. The van der Waals surface area contributed by atoms with E-state index >= 15 is 0 Å². The highest BCUT2D eigenvalue weighted by Crippen LogP contribution is 2.23. The molecule has 0 aliphatic heterocycles. The minimum Gasteiger partial charge on any atom is -0.492 e. The van der Waals surface area contributed by atoms with Gasteiger partial charge in [-0.15, -0.1) is 0 Å². The minimum absolute atomic E-state index is 0.325. The molecule has 0 saturated carbocycles. The summed E-state index contributed by atoms with van der Waals surface area (Å²) in [6.45, 7) is 0.901. The number of benzene rings is 2. The van der Waals surface area contributed by atoms with Crippen LogP contribution in [0.25, 0.3) is 0 Å². The van der Waals surface area contributed by atoms with E-state index in [1.54, 1.807) is 24.5 Å². The molecule has 1 N–H and O–H groups in total. The molecule has 2 rings (SSSR count). The second kappa shape index (κ2) is 8.15. The van der Waals surface area contributed by atoms with Crippen molar-refractivity contribution in [2.75, 3.05) is 24.7 Å². The number of hydrogen-bond acceptors (Lipinski definition) is 3. The van der Waals surface area contributed by atoms with Crippen molar-refractivity contribution in [3.63, 3.8) is 0 Å². The molecule has 0 bridgehead atoms. The van der Waals surface area contributed by atoms with E-state index in [0.717, 1.165) is 11.3 Å². The zero-order chi connectivity index (χ0) is 15.9. The van der Waals surface area contributed by atoms with E-state index in [1.807, 2.05) is 12.1 Å². The maximum Gasteiger partial charge on any atom is 0.126 e. The average Bonchev–Trinajstić information content (AvgIpc) is 2.46. The molecule has 1 atom stereocenters. The third-order valence-corrected chi connectivity index (χ3v) is 3.95. The fourth-order valence-electron chi connectivity index (χ4n) is 1.94. The van der Waals surface area contributed by atoms with Crippen molar-refractivity contribution in [3.05, 3.63) is 58.9 Å². The van der Waals surface area contributed by atoms with E-state index in [4.69, 9.17) is 16.3 Å². The zero-order valence-corrected chi connectivity index (χ0v) is 13.7. The Morgan fingerprint density at radius 1 is 1.27 bits per heavy atom. The molecule has 2 aromatic carbocycles. The summed E-state index contributed by atoms with van der Waals surface area (Å²) >= 11 is 6.12. The lowest BCUT2D eigenvalue weighted by molar-refractivity contribution is 0.331. The van der Waals surface area contributed by atoms with Gasteiger partial charge in [-0.05, 0) is 29.8 Å². The lowest BCUT2D eigenvalue weighted by atomic mass is 10.2. The molecule has 0 unspecified atom stereocenters. The third-order valence-electron chi connectivity index (χ3n) is 2.88. The topological polar surface area (TPSA) is 38.3 Å². The van der Waals surface area contributed by atoms with Gasteiger partial charge in [0.05, 0.1) is 10.7 Å². The Bertz CT molecular complexity index is 666. The Morgan fingerprint density at radius 2 is 2.09 bits per heavy atom. The molecule has 0 fully saturated rings. The molecule has 22 heavy (non-hydrogen) atoms. The predicted molar refractivity (Wildman–Crippen MR) is 89.6 cm³/mol. The molecule has 0 heterocycles. The molecule has 0 saturated heterocycles. The largest absolute Gasteiger partial charge is 0.492 e. The molecular weight excluding hydrogens is 325 g/mol. The lowest BCUT2D eigenvalue weighted by Crippen LogP contribution is -2.12. The summed E-state index contributed by atoms with van der Waals surface area (Å²) in [7, 11) is -0.897. The van der Waals surface area contributed by atoms with Crippen molar-refractivity contribution < 1.29 is 13.3 Å². The van der Waals surface area contributed by atoms with Gasteiger partial charge in [0.15, 0.2) is 0 Å². The van der Waals surface area contributed by atoms with Crippen molar-refractivity contribution in [2.24, 2.45) is 0 Å². The molecular formula is C16H17ClFNO2S. The second-order valence-electron chi connectivity index (χ2n) is 4.76. The van der Waals surface area contributed by atoms with Gasteiger partial charge >= 0.3 is 0 Å². The normalized spacial score (nSPS) is 12.0. The fraction of sp³-hybridized carbons (Fsp3) is 0.250. The monoisotopic (exact) mass is 341 g/mol. The third kappa shape index (κ3) is 5.31. The van der Waals surface area contributed by atoms with Gasteiger partial charge in [-0.25, -0.2) is 4.39 Å². The predicted octanol–water partition coefficient (Wildman–Crippen LogP) is 3.85. The molecule has 2 aromatic rings. The van der Waals surface area contributed by atoms with Crippen molar-refractivity contribution in [3.8, 4) is 5.75 Å². The molecule has 0 aliphatic carbocycles. The summed E-state index contributed by atoms with van der Waals surface area (Å²) in [5.74, 6) is 0.655. The highest BCUT2D eigenvalue weighted by Gasteiger charge is 2.04. The quantitative estimate of drug-likeness (QED) is 0.777. The molecule has 6 heteroatoms. The number of halogens is 2. The van der Waals surface area contributed by atoms with Gasteiger partial charge in [-0.1, -0.05) is 23.7 Å². The van der Waals surface area contributed by atoms with Crippen LogP contribution in [0.3, 0.4) is 0 Å².